The van der Waals surface area contributed by atoms with E-state index in [4.69, 9.17) is 4.74 Å². The molecule has 0 atom stereocenters. The van der Waals surface area contributed by atoms with Gasteiger partial charge in [0.15, 0.2) is 6.61 Å². The topological polar surface area (TPSA) is 93.7 Å². The molecule has 0 fully saturated rings. The maximum absolute atomic E-state index is 12.2. The van der Waals surface area contributed by atoms with Crippen LogP contribution in [0, 0.1) is 0 Å². The molecule has 2 amide bonds. The Hall–Kier alpha value is -4.13. The second kappa shape index (κ2) is 9.88. The minimum atomic E-state index is -0.449. The lowest BCUT2D eigenvalue weighted by molar-refractivity contribution is -0.118. The fourth-order valence-corrected chi connectivity index (χ4v) is 2.61. The molecule has 3 aromatic carbocycles. The molecule has 0 saturated carbocycles. The average Bonchev–Trinajstić information content (AvgIpc) is 2.78. The molecule has 30 heavy (non-hydrogen) atoms. The summed E-state index contributed by atoms with van der Waals surface area (Å²) in [6.07, 6.45) is 0. The molecule has 0 aromatic heterocycles. The molecule has 0 saturated heterocycles. The van der Waals surface area contributed by atoms with E-state index in [2.05, 4.69) is 15.4 Å². The van der Waals surface area contributed by atoms with Crippen molar-refractivity contribution in [2.45, 2.75) is 0 Å². The number of benzene rings is 3. The van der Waals surface area contributed by atoms with Crippen LogP contribution in [0.2, 0.25) is 0 Å². The summed E-state index contributed by atoms with van der Waals surface area (Å²) >= 11 is 0. The predicted molar refractivity (Wildman–Crippen MR) is 113 cm³/mol. The fourth-order valence-electron chi connectivity index (χ4n) is 2.61. The molecule has 0 heterocycles. The number of ether oxygens (including phenoxy) is 2. The van der Waals surface area contributed by atoms with Crippen LogP contribution in [0.3, 0.4) is 0 Å². The zero-order valence-corrected chi connectivity index (χ0v) is 16.3. The average molecular weight is 404 g/mol. The van der Waals surface area contributed by atoms with Crippen LogP contribution in [0.25, 0.3) is 0 Å². The van der Waals surface area contributed by atoms with E-state index in [0.29, 0.717) is 28.3 Å². The van der Waals surface area contributed by atoms with Crippen LogP contribution in [0.4, 0.5) is 11.4 Å². The maximum Gasteiger partial charge on any atom is 0.337 e. The molecule has 0 bridgehead atoms. The molecule has 7 heteroatoms. The lowest BCUT2D eigenvalue weighted by atomic mass is 10.2. The van der Waals surface area contributed by atoms with Crippen LogP contribution in [0.1, 0.15) is 20.7 Å². The summed E-state index contributed by atoms with van der Waals surface area (Å²) in [5, 5.41) is 5.47. The molecule has 2 N–H and O–H groups in total. The van der Waals surface area contributed by atoms with Crippen molar-refractivity contribution in [2.24, 2.45) is 0 Å². The SMILES string of the molecule is COC(=O)c1ccc(NC(=O)COc2cccc(NC(=O)c3ccccc3)c2)cc1. The number of rotatable bonds is 7. The number of hydrogen-bond donors (Lipinski definition) is 2. The first-order valence-electron chi connectivity index (χ1n) is 9.12. The largest absolute Gasteiger partial charge is 0.484 e. The Bertz CT molecular complexity index is 1030. The quantitative estimate of drug-likeness (QED) is 0.585. The van der Waals surface area contributed by atoms with Crippen LogP contribution in [-0.2, 0) is 9.53 Å². The van der Waals surface area contributed by atoms with Crippen LogP contribution in [0.15, 0.2) is 78.9 Å². The summed E-state index contributed by atoms with van der Waals surface area (Å²) in [5.74, 6) is -0.604. The fraction of sp³-hybridized carbons (Fsp3) is 0.0870. The third kappa shape index (κ3) is 5.68. The van der Waals surface area contributed by atoms with Gasteiger partial charge in [-0.25, -0.2) is 4.79 Å². The lowest BCUT2D eigenvalue weighted by Gasteiger charge is -2.10. The van der Waals surface area contributed by atoms with Gasteiger partial charge < -0.3 is 20.1 Å². The van der Waals surface area contributed by atoms with Crippen molar-refractivity contribution in [3.05, 3.63) is 90.0 Å². The highest BCUT2D eigenvalue weighted by Crippen LogP contribution is 2.18. The van der Waals surface area contributed by atoms with E-state index in [1.807, 2.05) is 6.07 Å². The molecule has 0 spiro atoms. The summed E-state index contributed by atoms with van der Waals surface area (Å²) in [4.78, 5) is 35.8. The van der Waals surface area contributed by atoms with Crippen molar-refractivity contribution < 1.29 is 23.9 Å². The molecule has 7 nitrogen and oxygen atoms in total. The van der Waals surface area contributed by atoms with E-state index >= 15 is 0 Å². The standard InChI is InChI=1S/C23H20N2O5/c1-29-23(28)17-10-12-18(13-11-17)24-21(26)15-30-20-9-5-8-19(14-20)25-22(27)16-6-3-2-4-7-16/h2-14H,15H2,1H3,(H,24,26)(H,25,27). The number of carbonyl (C=O) groups is 3. The molecule has 3 rings (SSSR count). The molecular formula is C23H20N2O5. The van der Waals surface area contributed by atoms with Gasteiger partial charge in [0.2, 0.25) is 0 Å². The number of carbonyl (C=O) groups excluding carboxylic acids is 3. The van der Waals surface area contributed by atoms with Crippen LogP contribution >= 0.6 is 0 Å². The van der Waals surface area contributed by atoms with E-state index in [1.54, 1.807) is 72.8 Å². The normalized spacial score (nSPS) is 10.0. The van der Waals surface area contributed by atoms with Gasteiger partial charge in [0.1, 0.15) is 5.75 Å². The van der Waals surface area contributed by atoms with Crippen molar-refractivity contribution in [2.75, 3.05) is 24.4 Å². The Morgan fingerprint density at radius 1 is 0.767 bits per heavy atom. The van der Waals surface area contributed by atoms with E-state index in [-0.39, 0.29) is 18.4 Å². The molecule has 0 unspecified atom stereocenters. The number of nitrogens with one attached hydrogen (secondary N) is 2. The number of anilines is 2. The van der Waals surface area contributed by atoms with Crippen LogP contribution in [-0.4, -0.2) is 31.5 Å². The minimum Gasteiger partial charge on any atom is -0.484 e. The van der Waals surface area contributed by atoms with Crippen LogP contribution in [0.5, 0.6) is 5.75 Å². The number of methoxy groups -OCH3 is 1. The molecule has 0 aliphatic heterocycles. The zero-order valence-electron chi connectivity index (χ0n) is 16.3. The van der Waals surface area contributed by atoms with Crippen molar-refractivity contribution in [3.8, 4) is 5.75 Å². The van der Waals surface area contributed by atoms with Gasteiger partial charge in [-0.05, 0) is 48.5 Å². The first-order valence-corrected chi connectivity index (χ1v) is 9.12. The Labute approximate surface area is 173 Å². The Morgan fingerprint density at radius 3 is 2.20 bits per heavy atom. The molecule has 0 radical (unpaired) electrons. The number of amides is 2. The molecule has 0 aliphatic rings. The Morgan fingerprint density at radius 2 is 1.50 bits per heavy atom. The van der Waals surface area contributed by atoms with Crippen molar-refractivity contribution in [1.82, 2.24) is 0 Å². The van der Waals surface area contributed by atoms with E-state index in [1.165, 1.54) is 7.11 Å². The summed E-state index contributed by atoms with van der Waals surface area (Å²) in [6.45, 7) is -0.213. The summed E-state index contributed by atoms with van der Waals surface area (Å²) in [7, 11) is 1.30. The summed E-state index contributed by atoms with van der Waals surface area (Å²) in [6, 6.07) is 22.0. The van der Waals surface area contributed by atoms with Gasteiger partial charge in [0.05, 0.1) is 12.7 Å². The second-order valence-electron chi connectivity index (χ2n) is 6.25. The highest BCUT2D eigenvalue weighted by Gasteiger charge is 2.09. The lowest BCUT2D eigenvalue weighted by Crippen LogP contribution is -2.20. The highest BCUT2D eigenvalue weighted by molar-refractivity contribution is 6.04. The molecule has 0 aliphatic carbocycles. The third-order valence-electron chi connectivity index (χ3n) is 4.09. The van der Waals surface area contributed by atoms with E-state index < -0.39 is 5.97 Å². The van der Waals surface area contributed by atoms with Crippen LogP contribution < -0.4 is 15.4 Å². The highest BCUT2D eigenvalue weighted by atomic mass is 16.5. The Kier molecular flexibility index (Phi) is 6.78. The number of hydrogen-bond acceptors (Lipinski definition) is 5. The third-order valence-corrected chi connectivity index (χ3v) is 4.09. The monoisotopic (exact) mass is 404 g/mol. The Balaban J connectivity index is 1.53. The van der Waals surface area contributed by atoms with E-state index in [0.717, 1.165) is 0 Å². The van der Waals surface area contributed by atoms with Gasteiger partial charge in [-0.1, -0.05) is 24.3 Å². The van der Waals surface area contributed by atoms with Crippen molar-refractivity contribution in [1.29, 1.82) is 0 Å². The van der Waals surface area contributed by atoms with Crippen molar-refractivity contribution in [3.63, 3.8) is 0 Å². The summed E-state index contributed by atoms with van der Waals surface area (Å²) in [5.41, 5.74) is 2.02. The van der Waals surface area contributed by atoms with Gasteiger partial charge in [-0.2, -0.15) is 0 Å². The first-order chi connectivity index (χ1) is 14.5. The van der Waals surface area contributed by atoms with Crippen molar-refractivity contribution >= 4 is 29.2 Å². The smallest absolute Gasteiger partial charge is 0.337 e. The summed E-state index contributed by atoms with van der Waals surface area (Å²) < 4.78 is 10.1. The molecule has 3 aromatic rings. The van der Waals surface area contributed by atoms with Gasteiger partial charge >= 0.3 is 5.97 Å². The van der Waals surface area contributed by atoms with Gasteiger partial charge in [0.25, 0.3) is 11.8 Å². The number of esters is 1. The molecule has 152 valence electrons. The van der Waals surface area contributed by atoms with E-state index in [9.17, 15) is 14.4 Å². The maximum atomic E-state index is 12.2. The second-order valence-corrected chi connectivity index (χ2v) is 6.25. The van der Waals surface area contributed by atoms with Gasteiger partial charge in [0, 0.05) is 23.0 Å². The van der Waals surface area contributed by atoms with Gasteiger partial charge in [-0.15, -0.1) is 0 Å². The molecular weight excluding hydrogens is 384 g/mol. The first kappa shape index (κ1) is 20.6. The zero-order chi connectivity index (χ0) is 21.3. The minimum absolute atomic E-state index is 0.213. The predicted octanol–water partition coefficient (Wildman–Crippen LogP) is 3.74. The van der Waals surface area contributed by atoms with Gasteiger partial charge in [-0.3, -0.25) is 9.59 Å².